The Morgan fingerprint density at radius 2 is 1.57 bits per heavy atom. The van der Waals surface area contributed by atoms with Crippen molar-refractivity contribution >= 4 is 0 Å². The topological polar surface area (TPSA) is 20.2 Å². The highest BCUT2D eigenvalue weighted by Gasteiger charge is 2.02. The molecular weight excluding hydrogens is 179 g/mol. The van der Waals surface area contributed by atoms with Crippen LogP contribution in [-0.2, 0) is 0 Å². The van der Waals surface area contributed by atoms with Crippen molar-refractivity contribution in [3.8, 4) is 16.9 Å². The number of phenolic OH excluding ortho intramolecular Hbond substituents is 1. The van der Waals surface area contributed by atoms with Gasteiger partial charge in [0.2, 0.25) is 0 Å². The molecular formula is C12H9FO. The van der Waals surface area contributed by atoms with Gasteiger partial charge < -0.3 is 5.11 Å². The van der Waals surface area contributed by atoms with Gasteiger partial charge in [-0.3, -0.25) is 0 Å². The molecule has 0 saturated carbocycles. The lowest BCUT2D eigenvalue weighted by atomic mass is 10.1. The number of rotatable bonds is 1. The quantitative estimate of drug-likeness (QED) is 0.728. The smallest absolute Gasteiger partial charge is 0.165 e. The zero-order chi connectivity index (χ0) is 9.97. The van der Waals surface area contributed by atoms with Crippen molar-refractivity contribution < 1.29 is 9.50 Å². The maximum atomic E-state index is 13.0. The molecule has 0 saturated heterocycles. The summed E-state index contributed by atoms with van der Waals surface area (Å²) in [5.74, 6) is -0.906. The van der Waals surface area contributed by atoms with Gasteiger partial charge in [-0.1, -0.05) is 36.4 Å². The van der Waals surface area contributed by atoms with Crippen molar-refractivity contribution in [1.82, 2.24) is 0 Å². The fraction of sp³-hybridized carbons (Fsp3) is 0. The van der Waals surface area contributed by atoms with E-state index in [1.807, 2.05) is 30.3 Å². The van der Waals surface area contributed by atoms with Crippen LogP contribution in [0.4, 0.5) is 4.39 Å². The highest BCUT2D eigenvalue weighted by atomic mass is 19.1. The Hall–Kier alpha value is -1.83. The van der Waals surface area contributed by atoms with Gasteiger partial charge in [0.1, 0.15) is 0 Å². The highest BCUT2D eigenvalue weighted by molar-refractivity contribution is 5.64. The molecule has 0 heterocycles. The highest BCUT2D eigenvalue weighted by Crippen LogP contribution is 2.24. The first-order valence-electron chi connectivity index (χ1n) is 4.31. The molecule has 0 atom stereocenters. The Bertz CT molecular complexity index is 437. The Balaban J connectivity index is 2.48. The van der Waals surface area contributed by atoms with Crippen LogP contribution in [-0.4, -0.2) is 5.11 Å². The van der Waals surface area contributed by atoms with Gasteiger partial charge in [-0.05, 0) is 23.3 Å². The molecule has 0 aliphatic carbocycles. The van der Waals surface area contributed by atoms with Crippen LogP contribution in [0.1, 0.15) is 0 Å². The second kappa shape index (κ2) is 3.50. The number of halogens is 1. The van der Waals surface area contributed by atoms with E-state index in [1.54, 1.807) is 6.07 Å². The first kappa shape index (κ1) is 8.75. The molecule has 0 radical (unpaired) electrons. The first-order valence-corrected chi connectivity index (χ1v) is 4.31. The summed E-state index contributed by atoms with van der Waals surface area (Å²) in [6, 6.07) is 13.8. The molecule has 0 spiro atoms. The maximum absolute atomic E-state index is 13.0. The van der Waals surface area contributed by atoms with E-state index >= 15 is 0 Å². The van der Waals surface area contributed by atoms with E-state index in [0.29, 0.717) is 0 Å². The molecule has 0 aliphatic rings. The molecule has 0 aromatic heterocycles. The van der Waals surface area contributed by atoms with Crippen molar-refractivity contribution in [3.63, 3.8) is 0 Å². The van der Waals surface area contributed by atoms with E-state index in [-0.39, 0.29) is 5.75 Å². The van der Waals surface area contributed by atoms with E-state index in [2.05, 4.69) is 0 Å². The molecule has 2 aromatic rings. The van der Waals surface area contributed by atoms with Gasteiger partial charge in [0.25, 0.3) is 0 Å². The van der Waals surface area contributed by atoms with Gasteiger partial charge >= 0.3 is 0 Å². The third-order valence-corrected chi connectivity index (χ3v) is 2.05. The number of hydrogen-bond acceptors (Lipinski definition) is 1. The lowest BCUT2D eigenvalue weighted by Crippen LogP contribution is -1.80. The largest absolute Gasteiger partial charge is 0.505 e. The van der Waals surface area contributed by atoms with Crippen LogP contribution in [0, 0.1) is 5.82 Å². The lowest BCUT2D eigenvalue weighted by Gasteiger charge is -2.01. The van der Waals surface area contributed by atoms with Crippen molar-refractivity contribution in [2.24, 2.45) is 0 Å². The van der Waals surface area contributed by atoms with Crippen LogP contribution in [0.3, 0.4) is 0 Å². The summed E-state index contributed by atoms with van der Waals surface area (Å²) in [6.45, 7) is 0. The molecule has 70 valence electrons. The van der Waals surface area contributed by atoms with Crippen LogP contribution < -0.4 is 0 Å². The number of benzene rings is 2. The van der Waals surface area contributed by atoms with E-state index in [4.69, 9.17) is 5.11 Å². The number of aromatic hydroxyl groups is 1. The molecule has 0 fully saturated rings. The predicted octanol–water partition coefficient (Wildman–Crippen LogP) is 3.20. The minimum absolute atomic E-state index is 0.315. The monoisotopic (exact) mass is 188 g/mol. The average molecular weight is 188 g/mol. The van der Waals surface area contributed by atoms with E-state index in [9.17, 15) is 4.39 Å². The van der Waals surface area contributed by atoms with Gasteiger partial charge in [0.15, 0.2) is 11.6 Å². The van der Waals surface area contributed by atoms with Crippen molar-refractivity contribution in [3.05, 3.63) is 54.3 Å². The van der Waals surface area contributed by atoms with Gasteiger partial charge in [-0.15, -0.1) is 0 Å². The summed E-state index contributed by atoms with van der Waals surface area (Å²) >= 11 is 0. The molecule has 2 rings (SSSR count). The Morgan fingerprint density at radius 3 is 2.21 bits per heavy atom. The molecule has 0 aliphatic heterocycles. The number of hydrogen-bond donors (Lipinski definition) is 1. The summed E-state index contributed by atoms with van der Waals surface area (Å²) in [5, 5.41) is 9.02. The maximum Gasteiger partial charge on any atom is 0.165 e. The minimum Gasteiger partial charge on any atom is -0.505 e. The van der Waals surface area contributed by atoms with Crippen LogP contribution in [0.2, 0.25) is 0 Å². The molecule has 2 heteroatoms. The standard InChI is InChI=1S/C12H9FO/c13-11-8-10(6-7-12(11)14)9-4-2-1-3-5-9/h1-8,14H. The molecule has 1 nitrogen and oxygen atoms in total. The Morgan fingerprint density at radius 1 is 0.857 bits per heavy atom. The second-order valence-electron chi connectivity index (χ2n) is 3.03. The van der Waals surface area contributed by atoms with Crippen molar-refractivity contribution in [2.45, 2.75) is 0 Å². The molecule has 0 bridgehead atoms. The lowest BCUT2D eigenvalue weighted by molar-refractivity contribution is 0.432. The first-order chi connectivity index (χ1) is 6.77. The van der Waals surface area contributed by atoms with Crippen LogP contribution in [0.5, 0.6) is 5.75 Å². The second-order valence-corrected chi connectivity index (χ2v) is 3.03. The fourth-order valence-electron chi connectivity index (χ4n) is 1.32. The summed E-state index contributed by atoms with van der Waals surface area (Å²) < 4.78 is 13.0. The number of phenols is 1. The third kappa shape index (κ3) is 1.59. The molecule has 2 aromatic carbocycles. The van der Waals surface area contributed by atoms with Crippen LogP contribution in [0.15, 0.2) is 48.5 Å². The average Bonchev–Trinajstić information content (AvgIpc) is 2.23. The van der Waals surface area contributed by atoms with E-state index < -0.39 is 5.82 Å². The molecule has 0 unspecified atom stereocenters. The molecule has 0 amide bonds. The van der Waals surface area contributed by atoms with Gasteiger partial charge in [0, 0.05) is 0 Å². The zero-order valence-corrected chi connectivity index (χ0v) is 7.44. The molecule has 1 N–H and O–H groups in total. The molecule has 14 heavy (non-hydrogen) atoms. The fourth-order valence-corrected chi connectivity index (χ4v) is 1.32. The SMILES string of the molecule is Oc1ccc(-c2ccccc2)cc1F. The van der Waals surface area contributed by atoms with Gasteiger partial charge in [-0.25, -0.2) is 4.39 Å². The van der Waals surface area contributed by atoms with E-state index in [1.165, 1.54) is 12.1 Å². The van der Waals surface area contributed by atoms with Gasteiger partial charge in [-0.2, -0.15) is 0 Å². The summed E-state index contributed by atoms with van der Waals surface area (Å²) in [6.07, 6.45) is 0. The summed E-state index contributed by atoms with van der Waals surface area (Å²) in [7, 11) is 0. The zero-order valence-electron chi connectivity index (χ0n) is 7.44. The van der Waals surface area contributed by atoms with Crippen LogP contribution >= 0.6 is 0 Å². The van der Waals surface area contributed by atoms with E-state index in [0.717, 1.165) is 11.1 Å². The Kier molecular flexibility index (Phi) is 2.19. The van der Waals surface area contributed by atoms with Crippen molar-refractivity contribution in [2.75, 3.05) is 0 Å². The normalized spacial score (nSPS) is 10.1. The van der Waals surface area contributed by atoms with Crippen LogP contribution in [0.25, 0.3) is 11.1 Å². The predicted molar refractivity (Wildman–Crippen MR) is 53.5 cm³/mol. The Labute approximate surface area is 81.4 Å². The summed E-state index contributed by atoms with van der Waals surface area (Å²) in [5.41, 5.74) is 1.70. The van der Waals surface area contributed by atoms with Gasteiger partial charge in [0.05, 0.1) is 0 Å². The summed E-state index contributed by atoms with van der Waals surface area (Å²) in [4.78, 5) is 0. The third-order valence-electron chi connectivity index (χ3n) is 2.05. The minimum atomic E-state index is -0.591. The van der Waals surface area contributed by atoms with Crippen molar-refractivity contribution in [1.29, 1.82) is 0 Å².